The first-order chi connectivity index (χ1) is 15.9. The van der Waals surface area contributed by atoms with Crippen molar-refractivity contribution in [2.75, 3.05) is 0 Å². The average Bonchev–Trinajstić information content (AvgIpc) is 3.24. The van der Waals surface area contributed by atoms with Gasteiger partial charge >= 0.3 is 0 Å². The predicted molar refractivity (Wildman–Crippen MR) is 138 cm³/mol. The summed E-state index contributed by atoms with van der Waals surface area (Å²) in [6.45, 7) is 8.25. The van der Waals surface area contributed by atoms with E-state index in [4.69, 9.17) is 4.98 Å². The third-order valence-corrected chi connectivity index (χ3v) is 8.16. The van der Waals surface area contributed by atoms with Crippen LogP contribution in [0, 0.1) is 11.3 Å². The van der Waals surface area contributed by atoms with Gasteiger partial charge in [0.2, 0.25) is 0 Å². The molecule has 2 aromatic heterocycles. The molecular formula is C30H40N2O. The fraction of sp³-hybridized carbons (Fsp3) is 0.533. The molecule has 3 aromatic rings. The van der Waals surface area contributed by atoms with Crippen molar-refractivity contribution in [3.8, 4) is 11.1 Å². The van der Waals surface area contributed by atoms with Crippen molar-refractivity contribution in [1.29, 1.82) is 0 Å². The molecule has 0 N–H and O–H groups in total. The van der Waals surface area contributed by atoms with E-state index in [-0.39, 0.29) is 5.41 Å². The summed E-state index contributed by atoms with van der Waals surface area (Å²) in [6, 6.07) is 13.5. The molecule has 176 valence electrons. The minimum absolute atomic E-state index is 0.184. The molecule has 4 rings (SSSR count). The number of Topliss-reactive ketones (excluding diaryl/α,β-unsaturated/α-hetero) is 1. The van der Waals surface area contributed by atoms with Crippen molar-refractivity contribution >= 4 is 11.4 Å². The molecule has 1 aromatic carbocycles. The van der Waals surface area contributed by atoms with Gasteiger partial charge in [0.05, 0.1) is 5.69 Å². The van der Waals surface area contributed by atoms with Crippen LogP contribution in [0.3, 0.4) is 0 Å². The number of nitrogens with zero attached hydrogens (tertiary/aromatic N) is 2. The van der Waals surface area contributed by atoms with E-state index in [1.807, 2.05) is 0 Å². The van der Waals surface area contributed by atoms with Gasteiger partial charge in [-0.2, -0.15) is 0 Å². The average molecular weight is 445 g/mol. The number of unbranched alkanes of at least 4 members (excludes halogenated alkanes) is 3. The van der Waals surface area contributed by atoms with Crippen LogP contribution in [0.1, 0.15) is 96.2 Å². The molecule has 0 spiro atoms. The van der Waals surface area contributed by atoms with Crippen LogP contribution in [0.5, 0.6) is 0 Å². The number of hydrogen-bond donors (Lipinski definition) is 0. The van der Waals surface area contributed by atoms with E-state index >= 15 is 0 Å². The summed E-state index contributed by atoms with van der Waals surface area (Å²) in [6.07, 6.45) is 15.2. The van der Waals surface area contributed by atoms with Crippen molar-refractivity contribution in [2.24, 2.45) is 11.3 Å². The topological polar surface area (TPSA) is 34.4 Å². The second-order valence-electron chi connectivity index (χ2n) is 10.7. The molecule has 1 aliphatic rings. The number of imidazole rings is 1. The van der Waals surface area contributed by atoms with Crippen molar-refractivity contribution in [1.82, 2.24) is 9.38 Å². The fourth-order valence-corrected chi connectivity index (χ4v) is 5.45. The second-order valence-corrected chi connectivity index (χ2v) is 10.7. The summed E-state index contributed by atoms with van der Waals surface area (Å²) in [5.74, 6) is 1.46. The third-order valence-electron chi connectivity index (χ3n) is 8.16. The Bertz CT molecular complexity index is 1070. The van der Waals surface area contributed by atoms with Crippen LogP contribution in [0.15, 0.2) is 48.8 Å². The van der Waals surface area contributed by atoms with E-state index in [1.54, 1.807) is 6.92 Å². The first-order valence-electron chi connectivity index (χ1n) is 13.0. The standard InChI is InChI=1S/C30H40N2O/c1-5-6-7-8-9-28-21-32-20-26(16-19-29(32)31-28)25-12-10-23(11-13-25)24-14-17-27(18-15-24)30(3,4)22(2)33/h10-13,16,19-21,24,27H,5-9,14-15,17-18H2,1-4H3. The summed E-state index contributed by atoms with van der Waals surface area (Å²) in [4.78, 5) is 16.8. The molecule has 0 aliphatic heterocycles. The number of aryl methyl sites for hydroxylation is 1. The molecule has 0 bridgehead atoms. The smallest absolute Gasteiger partial charge is 0.137 e. The lowest BCUT2D eigenvalue weighted by Gasteiger charge is -2.38. The molecule has 2 heterocycles. The number of hydrogen-bond acceptors (Lipinski definition) is 2. The van der Waals surface area contributed by atoms with Crippen LogP contribution in [-0.4, -0.2) is 15.2 Å². The quantitative estimate of drug-likeness (QED) is 0.313. The van der Waals surface area contributed by atoms with Gasteiger partial charge in [-0.25, -0.2) is 4.98 Å². The Labute approximate surface area is 199 Å². The molecule has 1 saturated carbocycles. The number of rotatable bonds is 9. The predicted octanol–water partition coefficient (Wildman–Crippen LogP) is 8.01. The molecular weight excluding hydrogens is 404 g/mol. The van der Waals surface area contributed by atoms with Crippen LogP contribution in [0.2, 0.25) is 0 Å². The first-order valence-corrected chi connectivity index (χ1v) is 13.0. The Hall–Kier alpha value is -2.42. The normalized spacial score (nSPS) is 19.2. The fourth-order valence-electron chi connectivity index (χ4n) is 5.45. The van der Waals surface area contributed by atoms with Gasteiger partial charge in [-0.3, -0.25) is 4.79 Å². The summed E-state index contributed by atoms with van der Waals surface area (Å²) < 4.78 is 2.18. The Morgan fingerprint density at radius 1 is 0.939 bits per heavy atom. The summed E-state index contributed by atoms with van der Waals surface area (Å²) >= 11 is 0. The molecule has 3 nitrogen and oxygen atoms in total. The lowest BCUT2D eigenvalue weighted by molar-refractivity contribution is -0.128. The van der Waals surface area contributed by atoms with Gasteiger partial charge in [0.15, 0.2) is 0 Å². The number of pyridine rings is 1. The number of carbonyl (C=O) groups is 1. The van der Waals surface area contributed by atoms with Gasteiger partial charge < -0.3 is 4.40 Å². The minimum Gasteiger partial charge on any atom is -0.306 e. The maximum atomic E-state index is 12.0. The molecule has 0 atom stereocenters. The van der Waals surface area contributed by atoms with Crippen molar-refractivity contribution in [3.63, 3.8) is 0 Å². The monoisotopic (exact) mass is 444 g/mol. The molecule has 0 saturated heterocycles. The highest BCUT2D eigenvalue weighted by atomic mass is 16.1. The Kier molecular flexibility index (Phi) is 7.36. The zero-order valence-corrected chi connectivity index (χ0v) is 20.9. The highest BCUT2D eigenvalue weighted by molar-refractivity contribution is 5.81. The Morgan fingerprint density at radius 2 is 1.64 bits per heavy atom. The number of aromatic nitrogens is 2. The maximum absolute atomic E-state index is 12.0. The lowest BCUT2D eigenvalue weighted by atomic mass is 9.66. The van der Waals surface area contributed by atoms with Gasteiger partial charge in [0.1, 0.15) is 11.4 Å². The first kappa shape index (κ1) is 23.7. The highest BCUT2D eigenvalue weighted by Crippen LogP contribution is 2.44. The van der Waals surface area contributed by atoms with E-state index in [0.29, 0.717) is 17.6 Å². The van der Waals surface area contributed by atoms with Gasteiger partial charge in [-0.05, 0) is 86.1 Å². The SMILES string of the molecule is CCCCCCc1cn2cc(-c3ccc(C4CCC(C(C)(C)C(C)=O)CC4)cc3)ccc2n1. The van der Waals surface area contributed by atoms with Crippen LogP contribution in [0.4, 0.5) is 0 Å². The number of benzene rings is 1. The van der Waals surface area contributed by atoms with Crippen molar-refractivity contribution in [2.45, 2.75) is 91.4 Å². The van der Waals surface area contributed by atoms with Crippen LogP contribution >= 0.6 is 0 Å². The summed E-state index contributed by atoms with van der Waals surface area (Å²) in [5.41, 5.74) is 5.97. The van der Waals surface area contributed by atoms with Crippen LogP contribution < -0.4 is 0 Å². The molecule has 0 unspecified atom stereocenters. The van der Waals surface area contributed by atoms with E-state index in [9.17, 15) is 4.79 Å². The molecule has 0 radical (unpaired) electrons. The minimum atomic E-state index is -0.184. The van der Waals surface area contributed by atoms with E-state index in [1.165, 1.54) is 60.9 Å². The summed E-state index contributed by atoms with van der Waals surface area (Å²) in [7, 11) is 0. The zero-order valence-electron chi connectivity index (χ0n) is 20.9. The van der Waals surface area contributed by atoms with Gasteiger partial charge in [0.25, 0.3) is 0 Å². The number of fused-ring (bicyclic) bond motifs is 1. The molecule has 1 fully saturated rings. The number of ketones is 1. The molecule has 33 heavy (non-hydrogen) atoms. The Morgan fingerprint density at radius 3 is 2.30 bits per heavy atom. The highest BCUT2D eigenvalue weighted by Gasteiger charge is 2.36. The molecule has 0 amide bonds. The molecule has 3 heteroatoms. The molecule has 1 aliphatic carbocycles. The van der Waals surface area contributed by atoms with Crippen LogP contribution in [0.25, 0.3) is 16.8 Å². The second kappa shape index (κ2) is 10.2. The zero-order chi connectivity index (χ0) is 23.4. The van der Waals surface area contributed by atoms with Crippen molar-refractivity contribution in [3.05, 3.63) is 60.0 Å². The van der Waals surface area contributed by atoms with E-state index < -0.39 is 0 Å². The van der Waals surface area contributed by atoms with E-state index in [0.717, 1.165) is 24.9 Å². The summed E-state index contributed by atoms with van der Waals surface area (Å²) in [5, 5.41) is 0. The van der Waals surface area contributed by atoms with Gasteiger partial charge in [0, 0.05) is 17.8 Å². The maximum Gasteiger partial charge on any atom is 0.137 e. The Balaban J connectivity index is 1.40. The lowest BCUT2D eigenvalue weighted by Crippen LogP contribution is -2.33. The van der Waals surface area contributed by atoms with Gasteiger partial charge in [-0.1, -0.05) is 64.3 Å². The van der Waals surface area contributed by atoms with Crippen LogP contribution in [-0.2, 0) is 11.2 Å². The van der Waals surface area contributed by atoms with Gasteiger partial charge in [-0.15, -0.1) is 0 Å². The largest absolute Gasteiger partial charge is 0.306 e. The number of carbonyl (C=O) groups excluding carboxylic acids is 1. The van der Waals surface area contributed by atoms with Crippen molar-refractivity contribution < 1.29 is 4.79 Å². The third kappa shape index (κ3) is 5.39. The van der Waals surface area contributed by atoms with E-state index in [2.05, 4.69) is 74.0 Å².